The Morgan fingerprint density at radius 3 is 2.60 bits per heavy atom. The minimum Gasteiger partial charge on any atom is -0.394 e. The Morgan fingerprint density at radius 1 is 1.30 bits per heavy atom. The van der Waals surface area contributed by atoms with Gasteiger partial charge >= 0.3 is 0 Å². The van der Waals surface area contributed by atoms with Crippen LogP contribution in [0.25, 0.3) is 0 Å². The van der Waals surface area contributed by atoms with Gasteiger partial charge < -0.3 is 9.84 Å². The number of ether oxygens (including phenoxy) is 1. The van der Waals surface area contributed by atoms with Gasteiger partial charge in [0.2, 0.25) is 0 Å². The third-order valence-electron chi connectivity index (χ3n) is 3.83. The molecule has 1 fully saturated rings. The van der Waals surface area contributed by atoms with Crippen LogP contribution in [0, 0.1) is 11.3 Å². The summed E-state index contributed by atoms with van der Waals surface area (Å²) >= 11 is 0. The second-order valence-electron chi connectivity index (χ2n) is 5.12. The Morgan fingerprint density at radius 2 is 2.00 bits per heavy atom. The summed E-state index contributed by atoms with van der Waals surface area (Å²) in [6.45, 7) is 2.39. The van der Waals surface area contributed by atoms with E-state index in [0.29, 0.717) is 13.0 Å². The molecule has 1 atom stereocenters. The number of hydrogen-bond acceptors (Lipinski definition) is 4. The summed E-state index contributed by atoms with van der Waals surface area (Å²) in [7, 11) is 0. The summed E-state index contributed by atoms with van der Waals surface area (Å²) in [5, 5.41) is 17.9. The van der Waals surface area contributed by atoms with Crippen LogP contribution in [0.15, 0.2) is 30.3 Å². The van der Waals surface area contributed by atoms with Crippen LogP contribution in [-0.4, -0.2) is 42.4 Å². The number of hydrogen-bond donors (Lipinski definition) is 1. The fraction of sp³-hybridized carbons (Fsp3) is 0.562. The molecule has 1 saturated heterocycles. The smallest absolute Gasteiger partial charge is 0.0701 e. The van der Waals surface area contributed by atoms with Gasteiger partial charge in [0, 0.05) is 19.1 Å². The fourth-order valence-corrected chi connectivity index (χ4v) is 2.79. The maximum absolute atomic E-state index is 9.07. The van der Waals surface area contributed by atoms with Gasteiger partial charge in [-0.25, -0.2) is 0 Å². The van der Waals surface area contributed by atoms with Crippen molar-refractivity contribution in [2.24, 2.45) is 0 Å². The molecule has 1 unspecified atom stereocenters. The average Bonchev–Trinajstić information content (AvgIpc) is 2.52. The zero-order valence-electron chi connectivity index (χ0n) is 11.7. The molecule has 0 saturated carbocycles. The van der Waals surface area contributed by atoms with Crippen molar-refractivity contribution >= 4 is 0 Å². The Bertz CT molecular complexity index is 422. The van der Waals surface area contributed by atoms with Gasteiger partial charge in [0.25, 0.3) is 0 Å². The van der Waals surface area contributed by atoms with E-state index in [2.05, 4.69) is 23.1 Å². The van der Waals surface area contributed by atoms with E-state index in [1.807, 2.05) is 18.2 Å². The minimum atomic E-state index is 0.0846. The van der Waals surface area contributed by atoms with Crippen molar-refractivity contribution in [2.45, 2.75) is 31.4 Å². The van der Waals surface area contributed by atoms with Crippen molar-refractivity contribution in [3.05, 3.63) is 35.9 Å². The average molecular weight is 274 g/mol. The largest absolute Gasteiger partial charge is 0.394 e. The fourth-order valence-electron chi connectivity index (χ4n) is 2.79. The lowest BCUT2D eigenvalue weighted by Gasteiger charge is -2.36. The molecule has 0 aromatic heterocycles. The number of likely N-dealkylation sites (tertiary alicyclic amines) is 1. The number of aliphatic hydroxyl groups excluding tert-OH is 1. The predicted molar refractivity (Wildman–Crippen MR) is 77.0 cm³/mol. The molecule has 4 nitrogen and oxygen atoms in total. The lowest BCUT2D eigenvalue weighted by Crippen LogP contribution is -2.39. The molecule has 1 aliphatic heterocycles. The van der Waals surface area contributed by atoms with E-state index in [1.165, 1.54) is 5.56 Å². The SMILES string of the molecule is N#CCC(c1ccccc1)N1CCC(OCCO)CC1. The van der Waals surface area contributed by atoms with E-state index < -0.39 is 0 Å². The molecular formula is C16H22N2O2. The van der Waals surface area contributed by atoms with Crippen LogP contribution in [0.2, 0.25) is 0 Å². The Hall–Kier alpha value is -1.41. The van der Waals surface area contributed by atoms with Crippen LogP contribution in [0.1, 0.15) is 30.9 Å². The first kappa shape index (κ1) is 15.0. The maximum Gasteiger partial charge on any atom is 0.0701 e. The number of nitriles is 1. The van der Waals surface area contributed by atoms with Gasteiger partial charge in [-0.3, -0.25) is 4.90 Å². The number of aliphatic hydroxyl groups is 1. The van der Waals surface area contributed by atoms with Crippen LogP contribution in [0.4, 0.5) is 0 Å². The van der Waals surface area contributed by atoms with Crippen molar-refractivity contribution in [3.8, 4) is 6.07 Å². The van der Waals surface area contributed by atoms with Crippen LogP contribution in [0.3, 0.4) is 0 Å². The summed E-state index contributed by atoms with van der Waals surface area (Å²) in [6.07, 6.45) is 2.70. The van der Waals surface area contributed by atoms with Crippen LogP contribution in [0.5, 0.6) is 0 Å². The third-order valence-corrected chi connectivity index (χ3v) is 3.83. The minimum absolute atomic E-state index is 0.0846. The lowest BCUT2D eigenvalue weighted by atomic mass is 9.98. The molecule has 0 amide bonds. The van der Waals surface area contributed by atoms with Gasteiger partial charge in [0.05, 0.1) is 31.8 Å². The van der Waals surface area contributed by atoms with Crippen molar-refractivity contribution in [1.82, 2.24) is 4.90 Å². The van der Waals surface area contributed by atoms with E-state index in [0.717, 1.165) is 25.9 Å². The molecule has 20 heavy (non-hydrogen) atoms. The molecule has 0 aliphatic carbocycles. The molecule has 2 rings (SSSR count). The number of piperidine rings is 1. The van der Waals surface area contributed by atoms with Gasteiger partial charge in [-0.1, -0.05) is 30.3 Å². The second kappa shape index (κ2) is 8.01. The van der Waals surface area contributed by atoms with Crippen molar-refractivity contribution < 1.29 is 9.84 Å². The highest BCUT2D eigenvalue weighted by Crippen LogP contribution is 2.27. The molecular weight excluding hydrogens is 252 g/mol. The molecule has 1 N–H and O–H groups in total. The van der Waals surface area contributed by atoms with Crippen molar-refractivity contribution in [2.75, 3.05) is 26.3 Å². The summed E-state index contributed by atoms with van der Waals surface area (Å²) in [5.41, 5.74) is 1.21. The van der Waals surface area contributed by atoms with E-state index in [4.69, 9.17) is 15.1 Å². The first-order valence-electron chi connectivity index (χ1n) is 7.23. The molecule has 1 aromatic carbocycles. The predicted octanol–water partition coefficient (Wildman–Crippen LogP) is 2.11. The van der Waals surface area contributed by atoms with E-state index in [9.17, 15) is 0 Å². The van der Waals surface area contributed by atoms with Gasteiger partial charge in [-0.15, -0.1) is 0 Å². The number of nitrogens with zero attached hydrogens (tertiary/aromatic N) is 2. The Balaban J connectivity index is 1.94. The first-order chi connectivity index (χ1) is 9.85. The maximum atomic E-state index is 9.07. The van der Waals surface area contributed by atoms with Crippen LogP contribution < -0.4 is 0 Å². The summed E-state index contributed by atoms with van der Waals surface area (Å²) in [5.74, 6) is 0. The molecule has 1 aliphatic rings. The van der Waals surface area contributed by atoms with Crippen LogP contribution in [-0.2, 0) is 4.74 Å². The standard InChI is InChI=1S/C16H22N2O2/c17-9-6-16(14-4-2-1-3-5-14)18-10-7-15(8-11-18)20-13-12-19/h1-5,15-16,19H,6-8,10-13H2. The van der Waals surface area contributed by atoms with Gasteiger partial charge in [0.1, 0.15) is 0 Å². The van der Waals surface area contributed by atoms with Crippen LogP contribution >= 0.6 is 0 Å². The van der Waals surface area contributed by atoms with Crippen molar-refractivity contribution in [3.63, 3.8) is 0 Å². The first-order valence-corrected chi connectivity index (χ1v) is 7.23. The molecule has 0 bridgehead atoms. The highest BCUT2D eigenvalue weighted by atomic mass is 16.5. The summed E-state index contributed by atoms with van der Waals surface area (Å²) in [6, 6.07) is 12.7. The lowest BCUT2D eigenvalue weighted by molar-refractivity contribution is -0.0152. The second-order valence-corrected chi connectivity index (χ2v) is 5.12. The Labute approximate surface area is 120 Å². The van der Waals surface area contributed by atoms with E-state index in [1.54, 1.807) is 0 Å². The third kappa shape index (κ3) is 4.04. The summed E-state index contributed by atoms with van der Waals surface area (Å²) < 4.78 is 5.58. The molecule has 1 aromatic rings. The molecule has 108 valence electrons. The number of benzene rings is 1. The van der Waals surface area contributed by atoms with Gasteiger partial charge in [-0.2, -0.15) is 5.26 Å². The van der Waals surface area contributed by atoms with Crippen molar-refractivity contribution in [1.29, 1.82) is 5.26 Å². The van der Waals surface area contributed by atoms with E-state index >= 15 is 0 Å². The zero-order valence-corrected chi connectivity index (χ0v) is 11.7. The summed E-state index contributed by atoms with van der Waals surface area (Å²) in [4.78, 5) is 2.37. The molecule has 4 heteroatoms. The van der Waals surface area contributed by atoms with Gasteiger partial charge in [-0.05, 0) is 18.4 Å². The highest BCUT2D eigenvalue weighted by Gasteiger charge is 2.26. The van der Waals surface area contributed by atoms with Gasteiger partial charge in [0.15, 0.2) is 0 Å². The topological polar surface area (TPSA) is 56.5 Å². The molecule has 0 radical (unpaired) electrons. The molecule has 1 heterocycles. The zero-order chi connectivity index (χ0) is 14.2. The highest BCUT2D eigenvalue weighted by molar-refractivity contribution is 5.20. The quantitative estimate of drug-likeness (QED) is 0.863. The normalized spacial score (nSPS) is 18.6. The number of rotatable bonds is 6. The molecule has 0 spiro atoms. The Kier molecular flexibility index (Phi) is 6.00. The van der Waals surface area contributed by atoms with E-state index in [-0.39, 0.29) is 18.8 Å². The monoisotopic (exact) mass is 274 g/mol.